The van der Waals surface area contributed by atoms with E-state index in [-0.39, 0.29) is 30.3 Å². The SMILES string of the molecule is Cc1ccc(S(=O)(=O)N(Cc2ccccc2)Cc2ccc(/C=N/NC(=O)C(=O)NCc3ccncc3)o2)cc1. The Kier molecular flexibility index (Phi) is 8.97. The number of rotatable bonds is 10. The van der Waals surface area contributed by atoms with Gasteiger partial charge in [-0.2, -0.15) is 9.41 Å². The van der Waals surface area contributed by atoms with Gasteiger partial charge in [-0.25, -0.2) is 13.8 Å². The minimum absolute atomic E-state index is 0.0251. The maximum atomic E-state index is 13.5. The van der Waals surface area contributed by atoms with Crippen LogP contribution in [-0.4, -0.2) is 35.7 Å². The van der Waals surface area contributed by atoms with Crippen LogP contribution in [0.25, 0.3) is 0 Å². The summed E-state index contributed by atoms with van der Waals surface area (Å²) in [5, 5.41) is 6.25. The van der Waals surface area contributed by atoms with Gasteiger partial charge < -0.3 is 9.73 Å². The molecule has 0 saturated heterocycles. The number of sulfonamides is 1. The largest absolute Gasteiger partial charge is 0.459 e. The first-order valence-electron chi connectivity index (χ1n) is 12.0. The number of amides is 2. The third-order valence-corrected chi connectivity index (χ3v) is 7.45. The molecule has 11 heteroatoms. The fourth-order valence-electron chi connectivity index (χ4n) is 3.56. The molecule has 0 aliphatic rings. The lowest BCUT2D eigenvalue weighted by Gasteiger charge is -2.21. The van der Waals surface area contributed by atoms with Crippen molar-refractivity contribution in [2.45, 2.75) is 31.5 Å². The van der Waals surface area contributed by atoms with Gasteiger partial charge in [0.1, 0.15) is 11.5 Å². The Bertz CT molecular complexity index is 1540. The average Bonchev–Trinajstić information content (AvgIpc) is 3.39. The molecular formula is C28H27N5O5S. The molecule has 2 aromatic carbocycles. The number of hydrogen-bond donors (Lipinski definition) is 2. The van der Waals surface area contributed by atoms with E-state index in [4.69, 9.17) is 4.42 Å². The number of hydrazone groups is 1. The molecule has 0 aliphatic heterocycles. The highest BCUT2D eigenvalue weighted by molar-refractivity contribution is 7.89. The summed E-state index contributed by atoms with van der Waals surface area (Å²) in [6, 6.07) is 22.6. The number of nitrogens with one attached hydrogen (secondary N) is 2. The second kappa shape index (κ2) is 12.8. The van der Waals surface area contributed by atoms with Crippen LogP contribution in [-0.2, 0) is 39.2 Å². The molecule has 2 aromatic heterocycles. The van der Waals surface area contributed by atoms with Crippen LogP contribution in [0.4, 0.5) is 0 Å². The van der Waals surface area contributed by atoms with E-state index in [0.29, 0.717) is 5.76 Å². The van der Waals surface area contributed by atoms with Gasteiger partial charge >= 0.3 is 11.8 Å². The Balaban J connectivity index is 1.40. The van der Waals surface area contributed by atoms with Gasteiger partial charge in [0, 0.05) is 25.5 Å². The van der Waals surface area contributed by atoms with Crippen molar-refractivity contribution >= 4 is 28.1 Å². The molecule has 4 aromatic rings. The van der Waals surface area contributed by atoms with E-state index in [0.717, 1.165) is 16.7 Å². The summed E-state index contributed by atoms with van der Waals surface area (Å²) in [7, 11) is -3.83. The number of carbonyl (C=O) groups excluding carboxylic acids is 2. The van der Waals surface area contributed by atoms with Crippen LogP contribution in [0.3, 0.4) is 0 Å². The first kappa shape index (κ1) is 27.4. The van der Waals surface area contributed by atoms with Crippen molar-refractivity contribution in [1.82, 2.24) is 20.0 Å². The Morgan fingerprint density at radius 1 is 0.897 bits per heavy atom. The zero-order valence-corrected chi connectivity index (χ0v) is 22.0. The molecule has 0 radical (unpaired) electrons. The normalized spacial score (nSPS) is 11.5. The average molecular weight is 546 g/mol. The fraction of sp³-hybridized carbons (Fsp3) is 0.143. The maximum Gasteiger partial charge on any atom is 0.329 e. The van der Waals surface area contributed by atoms with Crippen molar-refractivity contribution in [3.8, 4) is 0 Å². The van der Waals surface area contributed by atoms with E-state index in [1.54, 1.807) is 60.9 Å². The molecule has 2 N–H and O–H groups in total. The predicted octanol–water partition coefficient (Wildman–Crippen LogP) is 3.14. The number of nitrogens with zero attached hydrogens (tertiary/aromatic N) is 3. The molecule has 200 valence electrons. The summed E-state index contributed by atoms with van der Waals surface area (Å²) < 4.78 is 34.0. The van der Waals surface area contributed by atoms with Crippen molar-refractivity contribution < 1.29 is 22.4 Å². The van der Waals surface area contributed by atoms with Gasteiger partial charge in [-0.15, -0.1) is 0 Å². The summed E-state index contributed by atoms with van der Waals surface area (Å²) in [6.07, 6.45) is 4.40. The monoisotopic (exact) mass is 545 g/mol. The third kappa shape index (κ3) is 7.69. The van der Waals surface area contributed by atoms with Crippen molar-refractivity contribution in [1.29, 1.82) is 0 Å². The number of benzene rings is 2. The number of aryl methyl sites for hydroxylation is 1. The Morgan fingerprint density at radius 2 is 1.62 bits per heavy atom. The van der Waals surface area contributed by atoms with Crippen LogP contribution < -0.4 is 10.7 Å². The van der Waals surface area contributed by atoms with Crippen LogP contribution in [0.5, 0.6) is 0 Å². The number of furan rings is 1. The zero-order valence-electron chi connectivity index (χ0n) is 21.2. The predicted molar refractivity (Wildman–Crippen MR) is 145 cm³/mol. The molecule has 39 heavy (non-hydrogen) atoms. The van der Waals surface area contributed by atoms with Crippen LogP contribution >= 0.6 is 0 Å². The second-order valence-electron chi connectivity index (χ2n) is 8.61. The number of hydrogen-bond acceptors (Lipinski definition) is 7. The second-order valence-corrected chi connectivity index (χ2v) is 10.6. The fourth-order valence-corrected chi connectivity index (χ4v) is 4.96. The molecule has 0 fully saturated rings. The van der Waals surface area contributed by atoms with Gasteiger partial charge in [0.2, 0.25) is 10.0 Å². The van der Waals surface area contributed by atoms with Gasteiger partial charge in [-0.3, -0.25) is 14.6 Å². The molecule has 2 amide bonds. The molecule has 0 aliphatic carbocycles. The minimum atomic E-state index is -3.83. The molecule has 0 spiro atoms. The van der Waals surface area contributed by atoms with Crippen molar-refractivity contribution in [2.24, 2.45) is 5.10 Å². The lowest BCUT2D eigenvalue weighted by molar-refractivity contribution is -0.139. The first-order chi connectivity index (χ1) is 18.8. The summed E-state index contributed by atoms with van der Waals surface area (Å²) in [5.41, 5.74) is 4.72. The number of aromatic nitrogens is 1. The first-order valence-corrected chi connectivity index (χ1v) is 13.4. The summed E-state index contributed by atoms with van der Waals surface area (Å²) in [6.45, 7) is 2.18. The van der Waals surface area contributed by atoms with Crippen molar-refractivity contribution in [2.75, 3.05) is 0 Å². The van der Waals surface area contributed by atoms with E-state index in [2.05, 4.69) is 20.8 Å². The zero-order chi connectivity index (χ0) is 27.7. The lowest BCUT2D eigenvalue weighted by Crippen LogP contribution is -2.37. The molecule has 10 nitrogen and oxygen atoms in total. The summed E-state index contributed by atoms with van der Waals surface area (Å²) in [4.78, 5) is 28.0. The van der Waals surface area contributed by atoms with Crippen LogP contribution in [0.1, 0.15) is 28.2 Å². The third-order valence-electron chi connectivity index (χ3n) is 5.64. The Hall–Kier alpha value is -4.61. The van der Waals surface area contributed by atoms with E-state index < -0.39 is 21.8 Å². The summed E-state index contributed by atoms with van der Waals surface area (Å²) >= 11 is 0. The topological polar surface area (TPSA) is 134 Å². The van der Waals surface area contributed by atoms with Crippen molar-refractivity contribution in [3.63, 3.8) is 0 Å². The molecule has 0 bridgehead atoms. The van der Waals surface area contributed by atoms with E-state index in [9.17, 15) is 18.0 Å². The molecule has 4 rings (SSSR count). The van der Waals surface area contributed by atoms with E-state index in [1.807, 2.05) is 37.3 Å². The smallest absolute Gasteiger partial charge is 0.329 e. The number of pyridine rings is 1. The van der Waals surface area contributed by atoms with Crippen molar-refractivity contribution in [3.05, 3.63) is 119 Å². The molecule has 2 heterocycles. The standard InChI is InChI=1S/C28H27N5O5S/c1-21-7-11-26(12-8-21)39(36,37)33(19-23-5-3-2-4-6-23)20-25-10-9-24(38-25)18-31-32-28(35)27(34)30-17-22-13-15-29-16-14-22/h2-16,18H,17,19-20H2,1H3,(H,30,34)(H,32,35)/b31-18+. The minimum Gasteiger partial charge on any atom is -0.459 e. The maximum absolute atomic E-state index is 13.5. The highest BCUT2D eigenvalue weighted by Crippen LogP contribution is 2.22. The van der Waals surface area contributed by atoms with Gasteiger partial charge in [-0.05, 0) is 54.4 Å². The van der Waals surface area contributed by atoms with Gasteiger partial charge in [-0.1, -0.05) is 48.0 Å². The summed E-state index contributed by atoms with van der Waals surface area (Å²) in [5.74, 6) is -1.13. The van der Waals surface area contributed by atoms with E-state index >= 15 is 0 Å². The molecular weight excluding hydrogens is 518 g/mol. The number of carbonyl (C=O) groups is 2. The van der Waals surface area contributed by atoms with Crippen LogP contribution in [0.2, 0.25) is 0 Å². The molecule has 0 unspecified atom stereocenters. The molecule has 0 saturated carbocycles. The van der Waals surface area contributed by atoms with E-state index in [1.165, 1.54) is 10.5 Å². The van der Waals surface area contributed by atoms with Gasteiger partial charge in [0.25, 0.3) is 0 Å². The Morgan fingerprint density at radius 3 is 2.33 bits per heavy atom. The molecule has 0 atom stereocenters. The lowest BCUT2D eigenvalue weighted by atomic mass is 10.2. The van der Waals surface area contributed by atoms with Gasteiger partial charge in [0.05, 0.1) is 17.7 Å². The quantitative estimate of drug-likeness (QED) is 0.179. The van der Waals surface area contributed by atoms with Crippen LogP contribution in [0, 0.1) is 6.92 Å². The highest BCUT2D eigenvalue weighted by Gasteiger charge is 2.26. The highest BCUT2D eigenvalue weighted by atomic mass is 32.2. The Labute approximate surface area is 226 Å². The van der Waals surface area contributed by atoms with Gasteiger partial charge in [0.15, 0.2) is 0 Å². The van der Waals surface area contributed by atoms with Crippen LogP contribution in [0.15, 0.2) is 106 Å².